The largest absolute Gasteiger partial charge is 0.399 e. The Morgan fingerprint density at radius 1 is 1.35 bits per heavy atom. The molecule has 3 nitrogen and oxygen atoms in total. The lowest BCUT2D eigenvalue weighted by Gasteiger charge is -2.08. The van der Waals surface area contributed by atoms with E-state index in [1.807, 2.05) is 6.92 Å². The molecule has 0 bridgehead atoms. The second kappa shape index (κ2) is 4.67. The molecular weight excluding hydrogens is 244 g/mol. The molecule has 17 heavy (non-hydrogen) atoms. The van der Waals surface area contributed by atoms with Gasteiger partial charge in [0, 0.05) is 16.8 Å². The van der Waals surface area contributed by atoms with Crippen LogP contribution in [0.3, 0.4) is 0 Å². The molecule has 1 aromatic carbocycles. The van der Waals surface area contributed by atoms with E-state index in [1.165, 1.54) is 11.3 Å². The summed E-state index contributed by atoms with van der Waals surface area (Å²) in [5, 5.41) is 3.62. The van der Waals surface area contributed by atoms with Gasteiger partial charge in [0.25, 0.3) is 0 Å². The van der Waals surface area contributed by atoms with Crippen molar-refractivity contribution in [2.75, 3.05) is 11.1 Å². The Balaban J connectivity index is 2.14. The van der Waals surface area contributed by atoms with Crippen molar-refractivity contribution in [2.45, 2.75) is 13.5 Å². The maximum absolute atomic E-state index is 13.4. The third kappa shape index (κ3) is 2.71. The zero-order chi connectivity index (χ0) is 12.4. The van der Waals surface area contributed by atoms with E-state index in [4.69, 9.17) is 5.73 Å². The number of aromatic nitrogens is 1. The molecule has 0 atom stereocenters. The van der Waals surface area contributed by atoms with Crippen molar-refractivity contribution < 1.29 is 8.78 Å². The Morgan fingerprint density at radius 2 is 2.00 bits per heavy atom. The standard InChI is InChI=1S/C11H11F2N3S/c1-6-15-4-8(17-6)5-16-11-9(12)2-7(14)3-10(11)13/h2-4,16H,5,14H2,1H3. The summed E-state index contributed by atoms with van der Waals surface area (Å²) < 4.78 is 26.8. The Morgan fingerprint density at radius 3 is 2.53 bits per heavy atom. The van der Waals surface area contributed by atoms with Crippen LogP contribution >= 0.6 is 11.3 Å². The van der Waals surface area contributed by atoms with E-state index in [0.717, 1.165) is 22.0 Å². The van der Waals surface area contributed by atoms with Crippen LogP contribution in [0.15, 0.2) is 18.3 Å². The topological polar surface area (TPSA) is 50.9 Å². The van der Waals surface area contributed by atoms with Gasteiger partial charge in [-0.3, -0.25) is 0 Å². The van der Waals surface area contributed by atoms with Gasteiger partial charge in [-0.2, -0.15) is 0 Å². The molecule has 2 aromatic rings. The summed E-state index contributed by atoms with van der Waals surface area (Å²) in [6, 6.07) is 2.17. The normalized spacial score (nSPS) is 10.5. The first-order chi connectivity index (χ1) is 8.06. The van der Waals surface area contributed by atoms with Crippen molar-refractivity contribution in [3.63, 3.8) is 0 Å². The van der Waals surface area contributed by atoms with Crippen LogP contribution in [-0.4, -0.2) is 4.98 Å². The lowest BCUT2D eigenvalue weighted by Crippen LogP contribution is -2.03. The van der Waals surface area contributed by atoms with Gasteiger partial charge in [-0.25, -0.2) is 13.8 Å². The Kier molecular flexibility index (Phi) is 3.23. The van der Waals surface area contributed by atoms with E-state index in [1.54, 1.807) is 6.20 Å². The maximum Gasteiger partial charge on any atom is 0.151 e. The average Bonchev–Trinajstić information content (AvgIpc) is 2.62. The van der Waals surface area contributed by atoms with E-state index in [0.29, 0.717) is 6.54 Å². The predicted molar refractivity (Wildman–Crippen MR) is 64.9 cm³/mol. The quantitative estimate of drug-likeness (QED) is 0.829. The maximum atomic E-state index is 13.4. The Hall–Kier alpha value is -1.69. The third-order valence-electron chi connectivity index (χ3n) is 2.17. The molecule has 0 unspecified atom stereocenters. The fourth-order valence-electron chi connectivity index (χ4n) is 1.42. The molecule has 0 aliphatic heterocycles. The molecule has 0 amide bonds. The lowest BCUT2D eigenvalue weighted by atomic mass is 10.2. The van der Waals surface area contributed by atoms with Crippen LogP contribution < -0.4 is 11.1 Å². The minimum Gasteiger partial charge on any atom is -0.399 e. The first-order valence-corrected chi connectivity index (χ1v) is 5.77. The highest BCUT2D eigenvalue weighted by Crippen LogP contribution is 2.23. The number of nitrogens with zero attached hydrogens (tertiary/aromatic N) is 1. The smallest absolute Gasteiger partial charge is 0.151 e. The summed E-state index contributed by atoms with van der Waals surface area (Å²) in [6.45, 7) is 2.21. The fourth-order valence-corrected chi connectivity index (χ4v) is 2.16. The molecule has 6 heteroatoms. The van der Waals surface area contributed by atoms with E-state index in [2.05, 4.69) is 10.3 Å². The van der Waals surface area contributed by atoms with Gasteiger partial charge in [-0.05, 0) is 19.1 Å². The van der Waals surface area contributed by atoms with Crippen molar-refractivity contribution in [1.29, 1.82) is 0 Å². The summed E-state index contributed by atoms with van der Waals surface area (Å²) in [7, 11) is 0. The molecule has 0 spiro atoms. The number of nitrogen functional groups attached to an aromatic ring is 1. The van der Waals surface area contributed by atoms with Crippen LogP contribution in [0.1, 0.15) is 9.88 Å². The molecule has 3 N–H and O–H groups in total. The van der Waals surface area contributed by atoms with E-state index < -0.39 is 11.6 Å². The second-order valence-corrected chi connectivity index (χ2v) is 4.88. The van der Waals surface area contributed by atoms with Crippen LogP contribution in [0.4, 0.5) is 20.2 Å². The minimum atomic E-state index is -0.691. The molecule has 2 rings (SSSR count). The fraction of sp³-hybridized carbons (Fsp3) is 0.182. The number of nitrogens with two attached hydrogens (primary N) is 1. The number of hydrogen-bond donors (Lipinski definition) is 2. The van der Waals surface area contributed by atoms with Gasteiger partial charge in [0.2, 0.25) is 0 Å². The summed E-state index contributed by atoms with van der Waals surface area (Å²) >= 11 is 1.48. The molecule has 90 valence electrons. The number of anilines is 2. The predicted octanol–water partition coefficient (Wildman–Crippen LogP) is 2.92. The minimum absolute atomic E-state index is 0.0687. The summed E-state index contributed by atoms with van der Waals surface area (Å²) in [5.41, 5.74) is 5.23. The first kappa shape index (κ1) is 11.8. The molecule has 1 aromatic heterocycles. The van der Waals surface area contributed by atoms with Gasteiger partial charge in [-0.15, -0.1) is 11.3 Å². The molecule has 0 saturated heterocycles. The second-order valence-electron chi connectivity index (χ2n) is 3.56. The molecule has 1 heterocycles. The number of nitrogens with one attached hydrogen (secondary N) is 1. The summed E-state index contributed by atoms with van der Waals surface area (Å²) in [6.07, 6.45) is 1.68. The van der Waals surface area contributed by atoms with Crippen LogP contribution in [0.25, 0.3) is 0 Å². The summed E-state index contributed by atoms with van der Waals surface area (Å²) in [4.78, 5) is 4.97. The number of thiazole rings is 1. The molecular formula is C11H11F2N3S. The van der Waals surface area contributed by atoms with Gasteiger partial charge in [0.15, 0.2) is 11.6 Å². The average molecular weight is 255 g/mol. The van der Waals surface area contributed by atoms with Crippen LogP contribution in [0.5, 0.6) is 0 Å². The van der Waals surface area contributed by atoms with Crippen molar-refractivity contribution in [2.24, 2.45) is 0 Å². The highest BCUT2D eigenvalue weighted by molar-refractivity contribution is 7.11. The Labute approximate surface area is 101 Å². The van der Waals surface area contributed by atoms with Crippen LogP contribution in [0.2, 0.25) is 0 Å². The number of aryl methyl sites for hydroxylation is 1. The van der Waals surface area contributed by atoms with Crippen molar-refractivity contribution in [1.82, 2.24) is 4.98 Å². The van der Waals surface area contributed by atoms with E-state index >= 15 is 0 Å². The van der Waals surface area contributed by atoms with Gasteiger partial charge < -0.3 is 11.1 Å². The number of halogens is 2. The molecule has 0 aliphatic rings. The number of rotatable bonds is 3. The van der Waals surface area contributed by atoms with Gasteiger partial charge >= 0.3 is 0 Å². The van der Waals surface area contributed by atoms with E-state index in [-0.39, 0.29) is 11.4 Å². The van der Waals surface area contributed by atoms with Gasteiger partial charge in [0.05, 0.1) is 11.6 Å². The zero-order valence-corrected chi connectivity index (χ0v) is 9.94. The van der Waals surface area contributed by atoms with Crippen molar-refractivity contribution in [3.8, 4) is 0 Å². The van der Waals surface area contributed by atoms with Crippen LogP contribution in [-0.2, 0) is 6.54 Å². The van der Waals surface area contributed by atoms with E-state index in [9.17, 15) is 8.78 Å². The molecule has 0 fully saturated rings. The zero-order valence-electron chi connectivity index (χ0n) is 9.13. The van der Waals surface area contributed by atoms with Gasteiger partial charge in [-0.1, -0.05) is 0 Å². The summed E-state index contributed by atoms with van der Waals surface area (Å²) in [5.74, 6) is -1.38. The monoisotopic (exact) mass is 255 g/mol. The number of benzene rings is 1. The highest BCUT2D eigenvalue weighted by Gasteiger charge is 2.10. The van der Waals surface area contributed by atoms with Crippen LogP contribution in [0, 0.1) is 18.6 Å². The highest BCUT2D eigenvalue weighted by atomic mass is 32.1. The SMILES string of the molecule is Cc1ncc(CNc2c(F)cc(N)cc2F)s1. The first-order valence-electron chi connectivity index (χ1n) is 4.96. The van der Waals surface area contributed by atoms with Crippen molar-refractivity contribution >= 4 is 22.7 Å². The molecule has 0 radical (unpaired) electrons. The third-order valence-corrected chi connectivity index (χ3v) is 3.09. The Bertz CT molecular complexity index is 516. The van der Waals surface area contributed by atoms with Crippen molar-refractivity contribution in [3.05, 3.63) is 39.8 Å². The lowest BCUT2D eigenvalue weighted by molar-refractivity contribution is 0.589. The molecule has 0 aliphatic carbocycles. The van der Waals surface area contributed by atoms with Gasteiger partial charge in [0.1, 0.15) is 5.69 Å². The number of hydrogen-bond acceptors (Lipinski definition) is 4. The molecule has 0 saturated carbocycles.